The van der Waals surface area contributed by atoms with Crippen molar-refractivity contribution in [3.63, 3.8) is 0 Å². The lowest BCUT2D eigenvalue weighted by Gasteiger charge is -2.09. The van der Waals surface area contributed by atoms with Crippen LogP contribution in [0.4, 0.5) is 11.6 Å². The van der Waals surface area contributed by atoms with Crippen molar-refractivity contribution in [3.05, 3.63) is 51.6 Å². The Labute approximate surface area is 144 Å². The molecule has 0 saturated carbocycles. The standard InChI is InChI=1S/C17H19N5O3/c1-10-5-6-13(7-11(10)2)19-16-18-12(3)8-14-20-21(9-15(23)25-4)17(24)22(14)16/h5-8H,9H2,1-4H3,(H,18,19). The molecule has 25 heavy (non-hydrogen) atoms. The molecule has 1 N–H and O–H groups in total. The number of carbonyl (C=O) groups excluding carboxylic acids is 1. The van der Waals surface area contributed by atoms with Gasteiger partial charge in [-0.1, -0.05) is 6.07 Å². The van der Waals surface area contributed by atoms with Crippen LogP contribution in [0.15, 0.2) is 29.1 Å². The Kier molecular flexibility index (Phi) is 4.26. The molecule has 0 atom stereocenters. The Morgan fingerprint density at radius 2 is 1.96 bits per heavy atom. The van der Waals surface area contributed by atoms with Crippen LogP contribution in [0.25, 0.3) is 5.65 Å². The summed E-state index contributed by atoms with van der Waals surface area (Å²) in [6.45, 7) is 5.61. The first-order chi connectivity index (χ1) is 11.9. The van der Waals surface area contributed by atoms with Gasteiger partial charge in [-0.15, -0.1) is 5.10 Å². The van der Waals surface area contributed by atoms with E-state index in [-0.39, 0.29) is 6.54 Å². The minimum atomic E-state index is -0.543. The van der Waals surface area contributed by atoms with E-state index in [9.17, 15) is 9.59 Å². The number of methoxy groups -OCH3 is 1. The van der Waals surface area contributed by atoms with Crippen molar-refractivity contribution in [1.29, 1.82) is 0 Å². The summed E-state index contributed by atoms with van der Waals surface area (Å²) >= 11 is 0. The van der Waals surface area contributed by atoms with Crippen LogP contribution in [0.2, 0.25) is 0 Å². The Morgan fingerprint density at radius 3 is 2.64 bits per heavy atom. The minimum Gasteiger partial charge on any atom is -0.468 e. The Morgan fingerprint density at radius 1 is 1.20 bits per heavy atom. The van der Waals surface area contributed by atoms with Gasteiger partial charge in [-0.3, -0.25) is 4.79 Å². The van der Waals surface area contributed by atoms with Crippen LogP contribution in [-0.2, 0) is 16.1 Å². The second-order valence-electron chi connectivity index (χ2n) is 5.86. The average Bonchev–Trinajstić information content (AvgIpc) is 2.86. The summed E-state index contributed by atoms with van der Waals surface area (Å²) in [4.78, 5) is 28.5. The fraction of sp³-hybridized carbons (Fsp3) is 0.294. The van der Waals surface area contributed by atoms with E-state index in [0.29, 0.717) is 17.3 Å². The number of nitrogens with one attached hydrogen (secondary N) is 1. The highest BCUT2D eigenvalue weighted by Crippen LogP contribution is 2.19. The molecule has 0 aliphatic rings. The average molecular weight is 341 g/mol. The number of aryl methyl sites for hydroxylation is 3. The molecule has 0 fully saturated rings. The highest BCUT2D eigenvalue weighted by molar-refractivity contribution is 5.69. The Hall–Kier alpha value is -3.16. The molecular formula is C17H19N5O3. The molecule has 0 radical (unpaired) electrons. The summed E-state index contributed by atoms with van der Waals surface area (Å²) in [6, 6.07) is 7.58. The summed E-state index contributed by atoms with van der Waals surface area (Å²) in [5.41, 5.74) is 3.77. The van der Waals surface area contributed by atoms with E-state index in [1.165, 1.54) is 17.1 Å². The number of carbonyl (C=O) groups is 1. The van der Waals surface area contributed by atoms with Gasteiger partial charge in [-0.25, -0.2) is 18.9 Å². The van der Waals surface area contributed by atoms with Gasteiger partial charge < -0.3 is 10.1 Å². The molecule has 0 aliphatic carbocycles. The molecule has 0 unspecified atom stereocenters. The molecule has 0 spiro atoms. The highest BCUT2D eigenvalue weighted by Gasteiger charge is 2.15. The maximum absolute atomic E-state index is 12.6. The summed E-state index contributed by atoms with van der Waals surface area (Å²) in [5.74, 6) is -0.196. The number of hydrogen-bond donors (Lipinski definition) is 1. The number of hydrogen-bond acceptors (Lipinski definition) is 6. The number of benzene rings is 1. The van der Waals surface area contributed by atoms with E-state index >= 15 is 0 Å². The maximum Gasteiger partial charge on any atom is 0.353 e. The van der Waals surface area contributed by atoms with Crippen LogP contribution >= 0.6 is 0 Å². The predicted molar refractivity (Wildman–Crippen MR) is 93.2 cm³/mol. The fourth-order valence-corrected chi connectivity index (χ4v) is 2.48. The maximum atomic E-state index is 12.6. The van der Waals surface area contributed by atoms with Gasteiger partial charge in [-0.05, 0) is 44.0 Å². The molecule has 0 bridgehead atoms. The number of fused-ring (bicyclic) bond motifs is 1. The lowest BCUT2D eigenvalue weighted by molar-refractivity contribution is -0.141. The van der Waals surface area contributed by atoms with Crippen LogP contribution in [0.5, 0.6) is 0 Å². The van der Waals surface area contributed by atoms with Crippen molar-refractivity contribution in [2.75, 3.05) is 12.4 Å². The van der Waals surface area contributed by atoms with Gasteiger partial charge in [0.05, 0.1) is 7.11 Å². The second kappa shape index (κ2) is 6.39. The van der Waals surface area contributed by atoms with Gasteiger partial charge >= 0.3 is 11.7 Å². The Bertz CT molecular complexity index is 1020. The van der Waals surface area contributed by atoms with Gasteiger partial charge in [0.1, 0.15) is 6.54 Å². The number of rotatable bonds is 4. The van der Waals surface area contributed by atoms with Crippen molar-refractivity contribution in [1.82, 2.24) is 19.2 Å². The second-order valence-corrected chi connectivity index (χ2v) is 5.86. The van der Waals surface area contributed by atoms with Crippen LogP contribution in [0.1, 0.15) is 16.8 Å². The molecule has 8 nitrogen and oxygen atoms in total. The molecule has 2 aromatic heterocycles. The lowest BCUT2D eigenvalue weighted by Crippen LogP contribution is -2.26. The number of ether oxygens (including phenoxy) is 1. The van der Waals surface area contributed by atoms with Crippen molar-refractivity contribution >= 4 is 23.3 Å². The smallest absolute Gasteiger partial charge is 0.353 e. The van der Waals surface area contributed by atoms with Crippen molar-refractivity contribution < 1.29 is 9.53 Å². The number of esters is 1. The zero-order valence-electron chi connectivity index (χ0n) is 14.5. The van der Waals surface area contributed by atoms with Crippen molar-refractivity contribution in [3.8, 4) is 0 Å². The molecule has 2 heterocycles. The molecular weight excluding hydrogens is 322 g/mol. The Balaban J connectivity index is 2.09. The van der Waals surface area contributed by atoms with Crippen molar-refractivity contribution in [2.45, 2.75) is 27.3 Å². The van der Waals surface area contributed by atoms with Crippen LogP contribution in [0.3, 0.4) is 0 Å². The van der Waals surface area contributed by atoms with Crippen molar-refractivity contribution in [2.24, 2.45) is 0 Å². The minimum absolute atomic E-state index is 0.251. The van der Waals surface area contributed by atoms with Gasteiger partial charge in [0, 0.05) is 17.4 Å². The zero-order valence-corrected chi connectivity index (χ0v) is 14.5. The third kappa shape index (κ3) is 3.23. The monoisotopic (exact) mass is 341 g/mol. The number of anilines is 2. The van der Waals surface area contributed by atoms with E-state index in [1.807, 2.05) is 39.0 Å². The summed E-state index contributed by atoms with van der Waals surface area (Å²) < 4.78 is 7.00. The SMILES string of the molecule is COC(=O)Cn1nc2cc(C)nc(Nc3ccc(C)c(C)c3)n2c1=O. The molecule has 0 amide bonds. The number of nitrogens with zero attached hydrogens (tertiary/aromatic N) is 4. The van der Waals surface area contributed by atoms with E-state index in [1.54, 1.807) is 6.07 Å². The first kappa shape index (κ1) is 16.7. The summed E-state index contributed by atoms with van der Waals surface area (Å²) in [7, 11) is 1.27. The number of aromatic nitrogens is 4. The van der Waals surface area contributed by atoms with Crippen LogP contribution in [-0.4, -0.2) is 32.2 Å². The van der Waals surface area contributed by atoms with Gasteiger partial charge in [0.25, 0.3) is 0 Å². The normalized spacial score (nSPS) is 10.9. The highest BCUT2D eigenvalue weighted by atomic mass is 16.5. The predicted octanol–water partition coefficient (Wildman–Crippen LogP) is 1.73. The first-order valence-corrected chi connectivity index (χ1v) is 7.77. The van der Waals surface area contributed by atoms with Crippen LogP contribution < -0.4 is 11.0 Å². The first-order valence-electron chi connectivity index (χ1n) is 7.77. The molecule has 3 rings (SSSR count). The molecule has 130 valence electrons. The topological polar surface area (TPSA) is 90.5 Å². The van der Waals surface area contributed by atoms with Gasteiger partial charge in [0.15, 0.2) is 5.65 Å². The molecule has 8 heteroatoms. The third-order valence-electron chi connectivity index (χ3n) is 3.97. The van der Waals surface area contributed by atoms with E-state index < -0.39 is 11.7 Å². The molecule has 3 aromatic rings. The largest absolute Gasteiger partial charge is 0.468 e. The lowest BCUT2D eigenvalue weighted by atomic mass is 10.1. The summed E-state index contributed by atoms with van der Waals surface area (Å²) in [6.07, 6.45) is 0. The van der Waals surface area contributed by atoms with E-state index in [0.717, 1.165) is 15.9 Å². The van der Waals surface area contributed by atoms with Crippen LogP contribution in [0, 0.1) is 20.8 Å². The molecule has 0 saturated heterocycles. The van der Waals surface area contributed by atoms with Gasteiger partial charge in [0.2, 0.25) is 5.95 Å². The molecule has 0 aliphatic heterocycles. The third-order valence-corrected chi connectivity index (χ3v) is 3.97. The van der Waals surface area contributed by atoms with E-state index in [4.69, 9.17) is 0 Å². The fourth-order valence-electron chi connectivity index (χ4n) is 2.48. The zero-order chi connectivity index (χ0) is 18.1. The van der Waals surface area contributed by atoms with Gasteiger partial charge in [-0.2, -0.15) is 0 Å². The van der Waals surface area contributed by atoms with E-state index in [2.05, 4.69) is 20.1 Å². The quantitative estimate of drug-likeness (QED) is 0.727. The summed E-state index contributed by atoms with van der Waals surface area (Å²) in [5, 5.41) is 7.34. The molecule has 1 aromatic carbocycles.